The molecule has 0 atom stereocenters. The van der Waals surface area contributed by atoms with E-state index in [1.807, 2.05) is 6.92 Å². The zero-order valence-electron chi connectivity index (χ0n) is 12.4. The second kappa shape index (κ2) is 5.64. The molecule has 0 unspecified atom stereocenters. The van der Waals surface area contributed by atoms with Gasteiger partial charge < -0.3 is 14.6 Å². The quantitative estimate of drug-likeness (QED) is 0.570. The number of amides is 1. The van der Waals surface area contributed by atoms with Crippen molar-refractivity contribution < 1.29 is 19.4 Å². The van der Waals surface area contributed by atoms with Crippen molar-refractivity contribution >= 4 is 33.5 Å². The number of phenolic OH excluding ortho intramolecular Hbond substituents is 1. The summed E-state index contributed by atoms with van der Waals surface area (Å²) in [5.74, 6) is 0.0108. The number of benzene rings is 2. The van der Waals surface area contributed by atoms with Crippen LogP contribution in [0.4, 0.5) is 10.5 Å². The molecule has 0 spiro atoms. The average Bonchev–Trinajstić information content (AvgIpc) is 2.52. The summed E-state index contributed by atoms with van der Waals surface area (Å²) in [6.07, 6.45) is -0.406. The van der Waals surface area contributed by atoms with Crippen LogP contribution in [0, 0.1) is 0 Å². The first kappa shape index (κ1) is 14.9. The van der Waals surface area contributed by atoms with E-state index in [1.165, 1.54) is 23.1 Å². The van der Waals surface area contributed by atoms with Gasteiger partial charge >= 0.3 is 11.7 Å². The highest BCUT2D eigenvalue weighted by molar-refractivity contribution is 6.06. The predicted molar refractivity (Wildman–Crippen MR) is 87.3 cm³/mol. The van der Waals surface area contributed by atoms with Crippen molar-refractivity contribution in [2.45, 2.75) is 13.3 Å². The van der Waals surface area contributed by atoms with Gasteiger partial charge in [-0.05, 0) is 30.7 Å². The third kappa shape index (κ3) is 2.59. The Morgan fingerprint density at radius 3 is 2.57 bits per heavy atom. The molecule has 2 N–H and O–H groups in total. The maximum atomic E-state index is 12.2. The van der Waals surface area contributed by atoms with Gasteiger partial charge in [0, 0.05) is 29.1 Å². The van der Waals surface area contributed by atoms with E-state index in [4.69, 9.17) is 4.42 Å². The smallest absolute Gasteiger partial charge is 0.411 e. The summed E-state index contributed by atoms with van der Waals surface area (Å²) in [7, 11) is 0. The van der Waals surface area contributed by atoms with Crippen LogP contribution in [0.3, 0.4) is 0 Å². The molecule has 0 aliphatic heterocycles. The first-order valence-electron chi connectivity index (χ1n) is 7.21. The van der Waals surface area contributed by atoms with Crippen molar-refractivity contribution in [2.24, 2.45) is 0 Å². The minimum Gasteiger partial charge on any atom is -0.508 e. The molecule has 0 bridgehead atoms. The average molecular weight is 313 g/mol. The summed E-state index contributed by atoms with van der Waals surface area (Å²) >= 11 is 0. The lowest BCUT2D eigenvalue weighted by Crippen LogP contribution is -2.29. The van der Waals surface area contributed by atoms with Gasteiger partial charge in [-0.15, -0.1) is 0 Å². The van der Waals surface area contributed by atoms with Gasteiger partial charge in [-0.1, -0.05) is 13.0 Å². The number of rotatable bonds is 3. The van der Waals surface area contributed by atoms with E-state index in [1.54, 1.807) is 18.2 Å². The van der Waals surface area contributed by atoms with E-state index in [9.17, 15) is 19.8 Å². The molecule has 118 valence electrons. The van der Waals surface area contributed by atoms with E-state index < -0.39 is 11.7 Å². The minimum absolute atomic E-state index is 0.0108. The Labute approximate surface area is 131 Å². The highest BCUT2D eigenvalue weighted by Gasteiger charge is 2.16. The van der Waals surface area contributed by atoms with Gasteiger partial charge in [-0.25, -0.2) is 9.59 Å². The van der Waals surface area contributed by atoms with E-state index >= 15 is 0 Å². The molecule has 0 saturated carbocycles. The summed E-state index contributed by atoms with van der Waals surface area (Å²) in [4.78, 5) is 24.7. The van der Waals surface area contributed by atoms with Gasteiger partial charge in [0.1, 0.15) is 11.3 Å². The van der Waals surface area contributed by atoms with Crippen LogP contribution in [0.2, 0.25) is 0 Å². The second-order valence-corrected chi connectivity index (χ2v) is 5.23. The molecule has 2 aromatic carbocycles. The molecule has 3 aromatic rings. The van der Waals surface area contributed by atoms with Crippen molar-refractivity contribution in [3.8, 4) is 5.75 Å². The van der Waals surface area contributed by atoms with Crippen LogP contribution in [0.15, 0.2) is 45.6 Å². The topological polar surface area (TPSA) is 91.0 Å². The zero-order valence-corrected chi connectivity index (χ0v) is 12.4. The second-order valence-electron chi connectivity index (χ2n) is 5.23. The lowest BCUT2D eigenvalue weighted by molar-refractivity contribution is 0.202. The van der Waals surface area contributed by atoms with E-state index in [0.717, 1.165) is 0 Å². The first-order chi connectivity index (χ1) is 11.0. The molecule has 3 rings (SSSR count). The molecular formula is C17H15NO5. The number of carboxylic acid groups (broad SMARTS) is 1. The SMILES string of the molecule is CCCN(C(=O)O)c1ccc2c(c1)c(=O)oc1cc(O)ccc12. The lowest BCUT2D eigenvalue weighted by atomic mass is 10.1. The van der Waals surface area contributed by atoms with Crippen LogP contribution in [-0.4, -0.2) is 22.9 Å². The Balaban J connectivity index is 2.26. The summed E-state index contributed by atoms with van der Waals surface area (Å²) in [6, 6.07) is 9.44. The van der Waals surface area contributed by atoms with Crippen LogP contribution in [0.1, 0.15) is 13.3 Å². The van der Waals surface area contributed by atoms with Crippen LogP contribution in [0.25, 0.3) is 21.7 Å². The molecule has 6 heteroatoms. The maximum Gasteiger partial charge on any atom is 0.411 e. The zero-order chi connectivity index (χ0) is 16.6. The number of fused-ring (bicyclic) bond motifs is 3. The van der Waals surface area contributed by atoms with Crippen molar-refractivity contribution in [2.75, 3.05) is 11.4 Å². The maximum absolute atomic E-state index is 12.2. The number of hydrogen-bond acceptors (Lipinski definition) is 4. The van der Waals surface area contributed by atoms with Crippen LogP contribution in [0.5, 0.6) is 5.75 Å². The molecule has 0 saturated heterocycles. The standard InChI is InChI=1S/C17H15NO5/c1-2-7-18(17(21)22)10-3-5-12-13-6-4-11(19)9-15(13)23-16(20)14(12)8-10/h3-6,8-9,19H,2,7H2,1H3,(H,21,22). The number of nitrogens with zero attached hydrogens (tertiary/aromatic N) is 1. The van der Waals surface area contributed by atoms with Crippen LogP contribution in [-0.2, 0) is 0 Å². The van der Waals surface area contributed by atoms with Crippen molar-refractivity contribution in [3.63, 3.8) is 0 Å². The van der Waals surface area contributed by atoms with Crippen LogP contribution < -0.4 is 10.5 Å². The van der Waals surface area contributed by atoms with Gasteiger partial charge in [-0.3, -0.25) is 4.90 Å². The molecule has 1 heterocycles. The lowest BCUT2D eigenvalue weighted by Gasteiger charge is -2.18. The highest BCUT2D eigenvalue weighted by Crippen LogP contribution is 2.28. The van der Waals surface area contributed by atoms with E-state index in [-0.39, 0.29) is 5.75 Å². The molecule has 1 aromatic heterocycles. The molecule has 0 aliphatic rings. The fraction of sp³-hybridized carbons (Fsp3) is 0.176. The van der Waals surface area contributed by atoms with Crippen molar-refractivity contribution in [1.82, 2.24) is 0 Å². The van der Waals surface area contributed by atoms with Crippen molar-refractivity contribution in [3.05, 3.63) is 46.8 Å². The monoisotopic (exact) mass is 313 g/mol. The number of anilines is 1. The number of hydrogen-bond donors (Lipinski definition) is 2. The molecular weight excluding hydrogens is 298 g/mol. The largest absolute Gasteiger partial charge is 0.508 e. The number of carbonyl (C=O) groups is 1. The summed E-state index contributed by atoms with van der Waals surface area (Å²) in [5.41, 5.74) is 0.151. The third-order valence-electron chi connectivity index (χ3n) is 3.67. The minimum atomic E-state index is -1.07. The Morgan fingerprint density at radius 2 is 1.87 bits per heavy atom. The van der Waals surface area contributed by atoms with Crippen molar-refractivity contribution in [1.29, 1.82) is 0 Å². The van der Waals surface area contributed by atoms with Gasteiger partial charge in [0.15, 0.2) is 0 Å². The fourth-order valence-electron chi connectivity index (χ4n) is 2.64. The van der Waals surface area contributed by atoms with E-state index in [2.05, 4.69) is 0 Å². The Bertz CT molecular complexity index is 960. The number of aromatic hydroxyl groups is 1. The van der Waals surface area contributed by atoms with Gasteiger partial charge in [0.2, 0.25) is 0 Å². The highest BCUT2D eigenvalue weighted by atomic mass is 16.4. The van der Waals surface area contributed by atoms with Gasteiger partial charge in [0.05, 0.1) is 5.39 Å². The third-order valence-corrected chi connectivity index (χ3v) is 3.67. The molecule has 1 amide bonds. The molecule has 0 aliphatic carbocycles. The normalized spacial score (nSPS) is 11.0. The Kier molecular flexibility index (Phi) is 3.65. The predicted octanol–water partition coefficient (Wildman–Crippen LogP) is 3.55. The van der Waals surface area contributed by atoms with Gasteiger partial charge in [-0.2, -0.15) is 0 Å². The van der Waals surface area contributed by atoms with Gasteiger partial charge in [0.25, 0.3) is 0 Å². The molecule has 6 nitrogen and oxygen atoms in total. The fourth-order valence-corrected chi connectivity index (χ4v) is 2.64. The Morgan fingerprint density at radius 1 is 1.13 bits per heavy atom. The Hall–Kier alpha value is -3.02. The summed E-state index contributed by atoms with van der Waals surface area (Å²) in [6.45, 7) is 2.22. The number of phenols is 1. The summed E-state index contributed by atoms with van der Waals surface area (Å²) < 4.78 is 5.23. The molecule has 0 fully saturated rings. The first-order valence-corrected chi connectivity index (χ1v) is 7.21. The molecule has 23 heavy (non-hydrogen) atoms. The summed E-state index contributed by atoms with van der Waals surface area (Å²) in [5, 5.41) is 20.4. The van der Waals surface area contributed by atoms with E-state index in [0.29, 0.717) is 40.4 Å². The van der Waals surface area contributed by atoms with Crippen LogP contribution >= 0.6 is 0 Å². The molecule has 0 radical (unpaired) electrons.